The topological polar surface area (TPSA) is 92.9 Å². The summed E-state index contributed by atoms with van der Waals surface area (Å²) in [6, 6.07) is -0.607. The molecule has 6 heteroatoms. The molecule has 1 saturated heterocycles. The molecule has 0 aliphatic carbocycles. The minimum absolute atomic E-state index is 0.170. The molecule has 1 aliphatic rings. The number of carbonyl (C=O) groups is 2. The Kier molecular flexibility index (Phi) is 3.21. The molecular formula is C7H12N2O4. The van der Waals surface area contributed by atoms with Crippen molar-refractivity contribution < 1.29 is 19.4 Å². The van der Waals surface area contributed by atoms with E-state index in [2.05, 4.69) is 0 Å². The second-order valence-corrected chi connectivity index (χ2v) is 2.86. The molecule has 0 radical (unpaired) electrons. The molecule has 1 atom stereocenters. The Morgan fingerprint density at radius 2 is 2.31 bits per heavy atom. The van der Waals surface area contributed by atoms with Crippen molar-refractivity contribution in [3.63, 3.8) is 0 Å². The van der Waals surface area contributed by atoms with Gasteiger partial charge in [0, 0.05) is 6.54 Å². The van der Waals surface area contributed by atoms with Gasteiger partial charge in [0.1, 0.15) is 6.04 Å². The highest BCUT2D eigenvalue weighted by Crippen LogP contribution is 2.05. The van der Waals surface area contributed by atoms with Crippen molar-refractivity contribution >= 4 is 11.9 Å². The second kappa shape index (κ2) is 4.20. The number of amides is 1. The lowest BCUT2D eigenvalue weighted by atomic mass is 10.2. The fourth-order valence-corrected chi connectivity index (χ4v) is 1.26. The number of nitrogens with two attached hydrogens (primary N) is 1. The minimum atomic E-state index is -0.965. The summed E-state index contributed by atoms with van der Waals surface area (Å²) in [6.45, 7) is 0.885. The largest absolute Gasteiger partial charge is 0.480 e. The average molecular weight is 188 g/mol. The van der Waals surface area contributed by atoms with Crippen molar-refractivity contribution in [1.29, 1.82) is 0 Å². The van der Waals surface area contributed by atoms with Gasteiger partial charge in [-0.25, -0.2) is 0 Å². The van der Waals surface area contributed by atoms with Crippen molar-refractivity contribution in [3.8, 4) is 0 Å². The van der Waals surface area contributed by atoms with E-state index in [1.807, 2.05) is 0 Å². The molecule has 74 valence electrons. The quantitative estimate of drug-likeness (QED) is 0.548. The fourth-order valence-electron chi connectivity index (χ4n) is 1.26. The lowest BCUT2D eigenvalue weighted by Gasteiger charge is -2.31. The predicted octanol–water partition coefficient (Wildman–Crippen LogP) is -1.74. The van der Waals surface area contributed by atoms with Gasteiger partial charge in [0.25, 0.3) is 0 Å². The lowest BCUT2D eigenvalue weighted by Crippen LogP contribution is -2.53. The molecule has 0 bridgehead atoms. The van der Waals surface area contributed by atoms with Crippen molar-refractivity contribution in [2.24, 2.45) is 5.73 Å². The van der Waals surface area contributed by atoms with Gasteiger partial charge in [0.15, 0.2) is 0 Å². The van der Waals surface area contributed by atoms with E-state index in [9.17, 15) is 9.59 Å². The molecule has 1 rings (SSSR count). The predicted molar refractivity (Wildman–Crippen MR) is 43.0 cm³/mol. The van der Waals surface area contributed by atoms with Crippen molar-refractivity contribution in [2.75, 3.05) is 26.3 Å². The highest BCUT2D eigenvalue weighted by molar-refractivity contribution is 5.81. The molecule has 6 nitrogen and oxygen atoms in total. The highest BCUT2D eigenvalue weighted by atomic mass is 16.5. The van der Waals surface area contributed by atoms with E-state index in [1.165, 1.54) is 4.90 Å². The van der Waals surface area contributed by atoms with E-state index >= 15 is 0 Å². The van der Waals surface area contributed by atoms with E-state index in [4.69, 9.17) is 15.6 Å². The zero-order valence-corrected chi connectivity index (χ0v) is 7.10. The van der Waals surface area contributed by atoms with Crippen LogP contribution >= 0.6 is 0 Å². The molecular weight excluding hydrogens is 176 g/mol. The number of carbonyl (C=O) groups excluding carboxylic acids is 1. The molecule has 13 heavy (non-hydrogen) atoms. The van der Waals surface area contributed by atoms with E-state index in [0.29, 0.717) is 13.2 Å². The number of carboxylic acid groups (broad SMARTS) is 1. The fraction of sp³-hybridized carbons (Fsp3) is 0.714. The maximum Gasteiger partial charge on any atom is 0.317 e. The molecule has 0 aromatic heterocycles. The number of carboxylic acids is 1. The van der Waals surface area contributed by atoms with Gasteiger partial charge in [-0.2, -0.15) is 0 Å². The van der Waals surface area contributed by atoms with Crippen LogP contribution in [-0.2, 0) is 14.3 Å². The first kappa shape index (κ1) is 9.94. The van der Waals surface area contributed by atoms with Crippen LogP contribution in [0.25, 0.3) is 0 Å². The Balaban J connectivity index is 2.56. The van der Waals surface area contributed by atoms with Gasteiger partial charge in [-0.3, -0.25) is 14.5 Å². The minimum Gasteiger partial charge on any atom is -0.480 e. The molecule has 3 N–H and O–H groups in total. The number of primary amides is 1. The number of hydrogen-bond acceptors (Lipinski definition) is 4. The van der Waals surface area contributed by atoms with Crippen LogP contribution in [0.4, 0.5) is 0 Å². The third-order valence-electron chi connectivity index (χ3n) is 1.91. The zero-order chi connectivity index (χ0) is 9.84. The Morgan fingerprint density at radius 1 is 1.62 bits per heavy atom. The molecule has 0 aromatic rings. The van der Waals surface area contributed by atoms with E-state index in [1.54, 1.807) is 0 Å². The number of ether oxygens (including phenoxy) is 1. The van der Waals surface area contributed by atoms with Crippen molar-refractivity contribution in [2.45, 2.75) is 6.04 Å². The maximum absolute atomic E-state index is 10.9. The van der Waals surface area contributed by atoms with Crippen LogP contribution in [0.5, 0.6) is 0 Å². The summed E-state index contributed by atoms with van der Waals surface area (Å²) >= 11 is 0. The van der Waals surface area contributed by atoms with Crippen molar-refractivity contribution in [1.82, 2.24) is 4.90 Å². The molecule has 1 aliphatic heterocycles. The maximum atomic E-state index is 10.9. The van der Waals surface area contributed by atoms with E-state index < -0.39 is 17.9 Å². The van der Waals surface area contributed by atoms with Gasteiger partial charge in [-0.05, 0) is 0 Å². The monoisotopic (exact) mass is 188 g/mol. The van der Waals surface area contributed by atoms with Crippen LogP contribution < -0.4 is 5.73 Å². The zero-order valence-electron chi connectivity index (χ0n) is 7.10. The lowest BCUT2D eigenvalue weighted by molar-refractivity contribution is -0.142. The molecule has 1 unspecified atom stereocenters. The third kappa shape index (κ3) is 2.67. The van der Waals surface area contributed by atoms with Gasteiger partial charge < -0.3 is 15.6 Å². The van der Waals surface area contributed by atoms with Gasteiger partial charge in [0.05, 0.1) is 19.8 Å². The summed E-state index contributed by atoms with van der Waals surface area (Å²) in [6.07, 6.45) is 0. The summed E-state index contributed by atoms with van der Waals surface area (Å²) in [5.74, 6) is -1.51. The third-order valence-corrected chi connectivity index (χ3v) is 1.91. The standard InChI is InChI=1S/C7H12N2O4/c8-7(12)5-4-13-2-1-9(5)3-6(10)11/h5H,1-4H2,(H2,8,12)(H,10,11). The summed E-state index contributed by atoms with van der Waals surface area (Å²) in [4.78, 5) is 22.8. The molecule has 0 aromatic carbocycles. The number of rotatable bonds is 3. The van der Waals surface area contributed by atoms with Gasteiger partial charge >= 0.3 is 5.97 Å². The molecule has 1 amide bonds. The summed E-state index contributed by atoms with van der Waals surface area (Å²) in [7, 11) is 0. The summed E-state index contributed by atoms with van der Waals surface area (Å²) in [5, 5.41) is 8.53. The summed E-state index contributed by atoms with van der Waals surface area (Å²) in [5.41, 5.74) is 5.08. The first-order chi connectivity index (χ1) is 6.11. The Morgan fingerprint density at radius 3 is 2.85 bits per heavy atom. The van der Waals surface area contributed by atoms with E-state index in [-0.39, 0.29) is 13.2 Å². The van der Waals surface area contributed by atoms with Crippen LogP contribution in [0.1, 0.15) is 0 Å². The SMILES string of the molecule is NC(=O)C1COCCN1CC(=O)O. The number of morpholine rings is 1. The first-order valence-corrected chi connectivity index (χ1v) is 3.94. The highest BCUT2D eigenvalue weighted by Gasteiger charge is 2.28. The molecule has 0 saturated carbocycles. The average Bonchev–Trinajstić information content (AvgIpc) is 2.03. The smallest absolute Gasteiger partial charge is 0.317 e. The van der Waals surface area contributed by atoms with Gasteiger partial charge in [-0.15, -0.1) is 0 Å². The van der Waals surface area contributed by atoms with Gasteiger partial charge in [0.2, 0.25) is 5.91 Å². The first-order valence-electron chi connectivity index (χ1n) is 3.94. The molecule has 1 fully saturated rings. The molecule has 1 heterocycles. The van der Waals surface area contributed by atoms with Crippen molar-refractivity contribution in [3.05, 3.63) is 0 Å². The number of aliphatic carboxylic acids is 1. The molecule has 0 spiro atoms. The Hall–Kier alpha value is -1.14. The number of nitrogens with zero attached hydrogens (tertiary/aromatic N) is 1. The van der Waals surface area contributed by atoms with Crippen LogP contribution in [0.15, 0.2) is 0 Å². The van der Waals surface area contributed by atoms with Crippen LogP contribution in [0.3, 0.4) is 0 Å². The summed E-state index contributed by atoms with van der Waals surface area (Å²) < 4.78 is 5.02. The Bertz CT molecular complexity index is 219. The number of hydrogen-bond donors (Lipinski definition) is 2. The van der Waals surface area contributed by atoms with Crippen LogP contribution in [0.2, 0.25) is 0 Å². The second-order valence-electron chi connectivity index (χ2n) is 2.86. The Labute approximate surface area is 75.3 Å². The van der Waals surface area contributed by atoms with Gasteiger partial charge in [-0.1, -0.05) is 0 Å². The van der Waals surface area contributed by atoms with Crippen LogP contribution in [-0.4, -0.2) is 54.2 Å². The normalized spacial score (nSPS) is 24.2. The van der Waals surface area contributed by atoms with Crippen LogP contribution in [0, 0.1) is 0 Å². The van der Waals surface area contributed by atoms with E-state index in [0.717, 1.165) is 0 Å².